The van der Waals surface area contributed by atoms with Crippen LogP contribution < -0.4 is 5.43 Å². The summed E-state index contributed by atoms with van der Waals surface area (Å²) in [6, 6.07) is 3.33. The number of hydrazone groups is 1. The molecule has 1 saturated heterocycles. The van der Waals surface area contributed by atoms with E-state index in [0.29, 0.717) is 17.7 Å². The van der Waals surface area contributed by atoms with Crippen LogP contribution in [0.25, 0.3) is 0 Å². The van der Waals surface area contributed by atoms with E-state index in [1.54, 1.807) is 6.92 Å². The summed E-state index contributed by atoms with van der Waals surface area (Å²) in [5.41, 5.74) is 2.98. The summed E-state index contributed by atoms with van der Waals surface area (Å²) in [6.45, 7) is 1.55. The molecule has 1 fully saturated rings. The first kappa shape index (κ1) is 16.5. The molecule has 0 saturated carbocycles. The molecule has 0 unspecified atom stereocenters. The van der Waals surface area contributed by atoms with Gasteiger partial charge in [-0.3, -0.25) is 4.79 Å². The monoisotopic (exact) mass is 330 g/mol. The number of benzene rings is 1. The fraction of sp³-hybridized carbons (Fsp3) is 0.429. The lowest BCUT2D eigenvalue weighted by atomic mass is 10.1. The molecule has 1 aromatic rings. The van der Waals surface area contributed by atoms with E-state index >= 15 is 0 Å². The van der Waals surface area contributed by atoms with Gasteiger partial charge in [-0.15, -0.1) is 0 Å². The average molecular weight is 330 g/mol. The van der Waals surface area contributed by atoms with Gasteiger partial charge in [-0.25, -0.2) is 22.6 Å². The van der Waals surface area contributed by atoms with Gasteiger partial charge in [0.2, 0.25) is 5.91 Å². The first-order chi connectivity index (χ1) is 10.3. The summed E-state index contributed by atoms with van der Waals surface area (Å²) in [4.78, 5) is 11.7. The highest BCUT2D eigenvalue weighted by atomic mass is 32.2. The molecule has 0 radical (unpaired) electrons. The fourth-order valence-electron chi connectivity index (χ4n) is 2.27. The normalized spacial score (nSPS) is 20.9. The highest BCUT2D eigenvalue weighted by Crippen LogP contribution is 2.21. The van der Waals surface area contributed by atoms with Gasteiger partial charge in [-0.05, 0) is 37.5 Å². The van der Waals surface area contributed by atoms with Crippen LogP contribution in [0.3, 0.4) is 0 Å². The smallest absolute Gasteiger partial charge is 0.240 e. The minimum Gasteiger partial charge on any atom is -0.273 e. The van der Waals surface area contributed by atoms with Crippen LogP contribution in [-0.2, 0) is 14.6 Å². The predicted molar refractivity (Wildman–Crippen MR) is 78.1 cm³/mol. The van der Waals surface area contributed by atoms with E-state index < -0.39 is 27.4 Å². The SMILES string of the molecule is C/C(=N/NC(=O)C[C@@H]1CCS(=O)(=O)C1)c1ccc(F)c(F)c1. The van der Waals surface area contributed by atoms with Crippen molar-refractivity contribution in [3.8, 4) is 0 Å². The number of halogens is 2. The molecule has 5 nitrogen and oxygen atoms in total. The lowest BCUT2D eigenvalue weighted by molar-refractivity contribution is -0.121. The minimum atomic E-state index is -3.02. The third-order valence-corrected chi connectivity index (χ3v) is 5.32. The third kappa shape index (κ3) is 4.33. The van der Waals surface area contributed by atoms with Crippen molar-refractivity contribution in [1.82, 2.24) is 5.43 Å². The molecule has 0 spiro atoms. The van der Waals surface area contributed by atoms with Gasteiger partial charge < -0.3 is 0 Å². The Morgan fingerprint density at radius 2 is 2.09 bits per heavy atom. The zero-order valence-electron chi connectivity index (χ0n) is 12.0. The molecular weight excluding hydrogens is 314 g/mol. The van der Waals surface area contributed by atoms with Crippen LogP contribution in [0.15, 0.2) is 23.3 Å². The molecule has 120 valence electrons. The van der Waals surface area contributed by atoms with Crippen LogP contribution in [0, 0.1) is 17.6 Å². The number of carbonyl (C=O) groups is 1. The molecule has 2 rings (SSSR count). The minimum absolute atomic E-state index is 0.0201. The number of sulfone groups is 1. The second kappa shape index (κ2) is 6.51. The van der Waals surface area contributed by atoms with Crippen molar-refractivity contribution < 1.29 is 22.0 Å². The lowest BCUT2D eigenvalue weighted by Crippen LogP contribution is -2.22. The van der Waals surface area contributed by atoms with E-state index in [2.05, 4.69) is 10.5 Å². The molecule has 1 heterocycles. The van der Waals surface area contributed by atoms with Crippen LogP contribution in [0.4, 0.5) is 8.78 Å². The highest BCUT2D eigenvalue weighted by Gasteiger charge is 2.29. The summed E-state index contributed by atoms with van der Waals surface area (Å²) in [6.07, 6.45) is 0.551. The molecular formula is C14H16F2N2O3S. The Balaban J connectivity index is 1.93. The number of hydrogen-bond acceptors (Lipinski definition) is 4. The summed E-state index contributed by atoms with van der Waals surface area (Å²) >= 11 is 0. The Morgan fingerprint density at radius 1 is 1.36 bits per heavy atom. The highest BCUT2D eigenvalue weighted by molar-refractivity contribution is 7.91. The van der Waals surface area contributed by atoms with Gasteiger partial charge in [-0.2, -0.15) is 5.10 Å². The van der Waals surface area contributed by atoms with Crippen molar-refractivity contribution in [3.05, 3.63) is 35.4 Å². The topological polar surface area (TPSA) is 75.6 Å². The standard InChI is InChI=1S/C14H16F2N2O3S/c1-9(11-2-3-12(15)13(16)7-11)17-18-14(19)6-10-4-5-22(20,21)8-10/h2-3,7,10H,4-6,8H2,1H3,(H,18,19)/b17-9-/t10-/m0/s1. The molecule has 1 amide bonds. The number of carbonyl (C=O) groups excluding carboxylic acids is 1. The lowest BCUT2D eigenvalue weighted by Gasteiger charge is -2.07. The maximum absolute atomic E-state index is 13.1. The second-order valence-electron chi connectivity index (χ2n) is 5.33. The maximum atomic E-state index is 13.1. The van der Waals surface area contributed by atoms with Gasteiger partial charge >= 0.3 is 0 Å². The van der Waals surface area contributed by atoms with E-state index in [1.165, 1.54) is 6.07 Å². The molecule has 1 aliphatic heterocycles. The van der Waals surface area contributed by atoms with Crippen LogP contribution in [0.5, 0.6) is 0 Å². The molecule has 0 aromatic heterocycles. The Morgan fingerprint density at radius 3 is 2.68 bits per heavy atom. The fourth-order valence-corrected chi connectivity index (χ4v) is 4.13. The Labute approximate surface area is 127 Å². The van der Waals surface area contributed by atoms with E-state index in [4.69, 9.17) is 0 Å². The zero-order valence-corrected chi connectivity index (χ0v) is 12.8. The van der Waals surface area contributed by atoms with Crippen LogP contribution in [0.1, 0.15) is 25.3 Å². The summed E-state index contributed by atoms with van der Waals surface area (Å²) in [5, 5.41) is 3.82. The van der Waals surface area contributed by atoms with Crippen LogP contribution in [-0.4, -0.2) is 31.5 Å². The largest absolute Gasteiger partial charge is 0.273 e. The molecule has 22 heavy (non-hydrogen) atoms. The molecule has 1 N–H and O–H groups in total. The molecule has 1 atom stereocenters. The van der Waals surface area contributed by atoms with Crippen molar-refractivity contribution in [2.24, 2.45) is 11.0 Å². The first-order valence-corrected chi connectivity index (χ1v) is 8.58. The van der Waals surface area contributed by atoms with Crippen molar-refractivity contribution in [2.45, 2.75) is 19.8 Å². The number of rotatable bonds is 4. The van der Waals surface area contributed by atoms with Crippen molar-refractivity contribution in [1.29, 1.82) is 0 Å². The molecule has 1 aromatic carbocycles. The van der Waals surface area contributed by atoms with E-state index in [1.807, 2.05) is 0 Å². The first-order valence-electron chi connectivity index (χ1n) is 6.76. The van der Waals surface area contributed by atoms with E-state index in [9.17, 15) is 22.0 Å². The van der Waals surface area contributed by atoms with Crippen molar-refractivity contribution >= 4 is 21.5 Å². The molecule has 0 bridgehead atoms. The van der Waals surface area contributed by atoms with Gasteiger partial charge in [0.05, 0.1) is 17.2 Å². The van der Waals surface area contributed by atoms with Gasteiger partial charge in [0, 0.05) is 12.0 Å². The molecule has 8 heteroatoms. The maximum Gasteiger partial charge on any atom is 0.240 e. The van der Waals surface area contributed by atoms with Gasteiger partial charge in [0.1, 0.15) is 0 Å². The Bertz CT molecular complexity index is 717. The van der Waals surface area contributed by atoms with Crippen LogP contribution in [0.2, 0.25) is 0 Å². The van der Waals surface area contributed by atoms with Gasteiger partial charge in [0.25, 0.3) is 0 Å². The van der Waals surface area contributed by atoms with Crippen molar-refractivity contribution in [2.75, 3.05) is 11.5 Å². The third-order valence-electron chi connectivity index (χ3n) is 3.49. The van der Waals surface area contributed by atoms with Gasteiger partial charge in [-0.1, -0.05) is 0 Å². The molecule has 0 aliphatic carbocycles. The number of amides is 1. The zero-order chi connectivity index (χ0) is 16.3. The van der Waals surface area contributed by atoms with Gasteiger partial charge in [0.15, 0.2) is 21.5 Å². The summed E-state index contributed by atoms with van der Waals surface area (Å²) < 4.78 is 48.6. The van der Waals surface area contributed by atoms with E-state index in [-0.39, 0.29) is 23.8 Å². The van der Waals surface area contributed by atoms with Crippen molar-refractivity contribution in [3.63, 3.8) is 0 Å². The predicted octanol–water partition coefficient (Wildman–Crippen LogP) is 1.63. The number of nitrogens with zero attached hydrogens (tertiary/aromatic N) is 1. The average Bonchev–Trinajstić information content (AvgIpc) is 2.78. The molecule has 1 aliphatic rings. The quantitative estimate of drug-likeness (QED) is 0.673. The second-order valence-corrected chi connectivity index (χ2v) is 7.56. The number of hydrogen-bond donors (Lipinski definition) is 1. The summed E-state index contributed by atoms with van der Waals surface area (Å²) in [5.74, 6) is -2.40. The van der Waals surface area contributed by atoms with Crippen LogP contribution >= 0.6 is 0 Å². The Hall–Kier alpha value is -1.83. The Kier molecular flexibility index (Phi) is 4.90. The number of nitrogens with one attached hydrogen (secondary N) is 1. The summed E-state index contributed by atoms with van der Waals surface area (Å²) in [7, 11) is -3.02. The van der Waals surface area contributed by atoms with E-state index in [0.717, 1.165) is 12.1 Å².